The molecule has 1 atom stereocenters. The molecule has 202 valence electrons. The lowest BCUT2D eigenvalue weighted by Crippen LogP contribution is -2.36. The minimum Gasteiger partial charge on any atom is -0.478 e. The number of hydrogen-bond donors (Lipinski definition) is 3. The molecule has 0 bridgehead atoms. The molecule has 4 aromatic rings. The Kier molecular flexibility index (Phi) is 6.18. The number of carboxylic acids is 1. The molecule has 0 aliphatic carbocycles. The van der Waals surface area contributed by atoms with Crippen LogP contribution in [0, 0.1) is 6.92 Å². The van der Waals surface area contributed by atoms with Crippen LogP contribution in [0.3, 0.4) is 0 Å². The van der Waals surface area contributed by atoms with Crippen LogP contribution >= 0.6 is 0 Å². The molecule has 0 radical (unpaired) electrons. The van der Waals surface area contributed by atoms with Gasteiger partial charge in [-0.2, -0.15) is 0 Å². The van der Waals surface area contributed by atoms with Crippen LogP contribution in [0.1, 0.15) is 64.5 Å². The van der Waals surface area contributed by atoms with Gasteiger partial charge in [0.2, 0.25) is 0 Å². The van der Waals surface area contributed by atoms with Crippen LogP contribution in [0.4, 0.5) is 11.4 Å². The summed E-state index contributed by atoms with van der Waals surface area (Å²) in [5.41, 5.74) is 13.8. The van der Waals surface area contributed by atoms with Crippen LogP contribution in [-0.2, 0) is 13.5 Å². The zero-order valence-corrected chi connectivity index (χ0v) is 22.6. The summed E-state index contributed by atoms with van der Waals surface area (Å²) in [6.45, 7) is 6.79. The lowest BCUT2D eigenvalue weighted by Gasteiger charge is -2.37. The first-order chi connectivity index (χ1) is 18.7. The van der Waals surface area contributed by atoms with Crippen molar-refractivity contribution in [2.45, 2.75) is 45.1 Å². The van der Waals surface area contributed by atoms with Gasteiger partial charge in [0.1, 0.15) is 5.65 Å². The molecule has 0 saturated carbocycles. The van der Waals surface area contributed by atoms with Crippen molar-refractivity contribution in [3.63, 3.8) is 0 Å². The standard InChI is InChI=1S/C30H34N6O3/c1-17-14-20(30(38)39)15-23(31)27(17)19-6-11-35(12-7-19)18(2)26-16-22-25(5-10-33-28(22)34(26)3)36-13-8-24-21(29(36)37)4-9-32-24/h5,8,10,13-16,18-19,32H,4,6-7,9,11-12,31H2,1-3H3,(H,38,39). The number of carboxylic acid groups (broad SMARTS) is 1. The van der Waals surface area contributed by atoms with E-state index >= 15 is 0 Å². The van der Waals surface area contributed by atoms with E-state index in [1.807, 2.05) is 32.3 Å². The largest absolute Gasteiger partial charge is 0.478 e. The first-order valence-corrected chi connectivity index (χ1v) is 13.5. The second-order valence-corrected chi connectivity index (χ2v) is 10.8. The fourth-order valence-electron chi connectivity index (χ4n) is 6.60. The number of likely N-dealkylation sites (tertiary alicyclic amines) is 1. The van der Waals surface area contributed by atoms with Gasteiger partial charge in [0.25, 0.3) is 5.56 Å². The van der Waals surface area contributed by atoms with Crippen LogP contribution in [-0.4, -0.2) is 49.7 Å². The number of pyridine rings is 2. The molecule has 0 amide bonds. The molecule has 1 aromatic carbocycles. The van der Waals surface area contributed by atoms with E-state index in [4.69, 9.17) is 5.73 Å². The van der Waals surface area contributed by atoms with Crippen LogP contribution < -0.4 is 16.6 Å². The number of anilines is 2. The highest BCUT2D eigenvalue weighted by Crippen LogP contribution is 2.38. The number of fused-ring (bicyclic) bond motifs is 2. The summed E-state index contributed by atoms with van der Waals surface area (Å²) in [6.07, 6.45) is 6.27. The lowest BCUT2D eigenvalue weighted by molar-refractivity contribution is 0.0696. The smallest absolute Gasteiger partial charge is 0.335 e. The number of nitrogens with two attached hydrogens (primary N) is 1. The molecule has 3 aromatic heterocycles. The topological polar surface area (TPSA) is 118 Å². The monoisotopic (exact) mass is 526 g/mol. The summed E-state index contributed by atoms with van der Waals surface area (Å²) >= 11 is 0. The van der Waals surface area contributed by atoms with E-state index < -0.39 is 5.97 Å². The maximum Gasteiger partial charge on any atom is 0.335 e. The maximum absolute atomic E-state index is 13.3. The molecule has 0 spiro atoms. The van der Waals surface area contributed by atoms with Crippen LogP contribution in [0.2, 0.25) is 0 Å². The Morgan fingerprint density at radius 3 is 2.69 bits per heavy atom. The number of benzene rings is 1. The molecular formula is C30H34N6O3. The SMILES string of the molecule is Cc1cc(C(=O)O)cc(N)c1C1CCN(C(C)c2cc3c(-n4ccc5c(c4=O)CCN5)ccnc3n2C)CC1. The van der Waals surface area contributed by atoms with Gasteiger partial charge in [0.05, 0.1) is 11.3 Å². The fourth-order valence-corrected chi connectivity index (χ4v) is 6.60. The molecule has 5 heterocycles. The van der Waals surface area contributed by atoms with E-state index in [0.717, 1.165) is 83.7 Å². The average Bonchev–Trinajstić information content (AvgIpc) is 3.54. The van der Waals surface area contributed by atoms with E-state index in [1.54, 1.807) is 22.9 Å². The van der Waals surface area contributed by atoms with Gasteiger partial charge in [-0.05, 0) is 93.6 Å². The maximum atomic E-state index is 13.3. The number of piperidine rings is 1. The second kappa shape index (κ2) is 9.57. The average molecular weight is 527 g/mol. The zero-order chi connectivity index (χ0) is 27.4. The number of aromatic carboxylic acids is 1. The third-order valence-electron chi connectivity index (χ3n) is 8.67. The first kappa shape index (κ1) is 25.2. The van der Waals surface area contributed by atoms with E-state index in [1.165, 1.54) is 0 Å². The highest BCUT2D eigenvalue weighted by atomic mass is 16.4. The summed E-state index contributed by atoms with van der Waals surface area (Å²) in [7, 11) is 2.04. The van der Waals surface area contributed by atoms with Crippen molar-refractivity contribution in [3.05, 3.63) is 81.0 Å². The Labute approximate surface area is 226 Å². The molecule has 6 rings (SSSR count). The third-order valence-corrected chi connectivity index (χ3v) is 8.67. The Morgan fingerprint density at radius 2 is 1.97 bits per heavy atom. The van der Waals surface area contributed by atoms with E-state index in [2.05, 4.69) is 32.8 Å². The molecular weight excluding hydrogens is 492 g/mol. The van der Waals surface area contributed by atoms with Crippen molar-refractivity contribution < 1.29 is 9.90 Å². The van der Waals surface area contributed by atoms with Gasteiger partial charge in [-0.25, -0.2) is 9.78 Å². The molecule has 1 fully saturated rings. The number of nitrogens with one attached hydrogen (secondary N) is 1. The molecule has 1 saturated heterocycles. The molecule has 2 aliphatic rings. The van der Waals surface area contributed by atoms with Crippen molar-refractivity contribution in [2.75, 3.05) is 30.7 Å². The van der Waals surface area contributed by atoms with Gasteiger partial charge in [0.15, 0.2) is 0 Å². The third kappa shape index (κ3) is 4.17. The highest BCUT2D eigenvalue weighted by Gasteiger charge is 2.29. The lowest BCUT2D eigenvalue weighted by atomic mass is 9.84. The predicted molar refractivity (Wildman–Crippen MR) is 153 cm³/mol. The number of aryl methyl sites for hydroxylation is 2. The summed E-state index contributed by atoms with van der Waals surface area (Å²) < 4.78 is 3.89. The van der Waals surface area contributed by atoms with Crippen molar-refractivity contribution in [3.8, 4) is 5.69 Å². The summed E-state index contributed by atoms with van der Waals surface area (Å²) in [5, 5.41) is 13.6. The minimum atomic E-state index is -0.953. The molecule has 9 heteroatoms. The molecule has 9 nitrogen and oxygen atoms in total. The minimum absolute atomic E-state index is 0.0245. The second-order valence-electron chi connectivity index (χ2n) is 10.8. The quantitative estimate of drug-likeness (QED) is 0.333. The van der Waals surface area contributed by atoms with Crippen LogP contribution in [0.15, 0.2) is 47.5 Å². The molecule has 4 N–H and O–H groups in total. The van der Waals surface area contributed by atoms with Gasteiger partial charge in [-0.15, -0.1) is 0 Å². The Bertz CT molecular complexity index is 1640. The fraction of sp³-hybridized carbons (Fsp3) is 0.367. The van der Waals surface area contributed by atoms with E-state index in [0.29, 0.717) is 11.6 Å². The van der Waals surface area contributed by atoms with Crippen LogP contribution in [0.25, 0.3) is 16.7 Å². The number of nitrogen functional groups attached to an aromatic ring is 1. The predicted octanol–water partition coefficient (Wildman–Crippen LogP) is 4.22. The summed E-state index contributed by atoms with van der Waals surface area (Å²) in [4.78, 5) is 31.8. The number of aromatic nitrogens is 3. The van der Waals surface area contributed by atoms with Crippen molar-refractivity contribution in [1.29, 1.82) is 0 Å². The van der Waals surface area contributed by atoms with Crippen molar-refractivity contribution in [2.24, 2.45) is 7.05 Å². The van der Waals surface area contributed by atoms with E-state index in [-0.39, 0.29) is 17.2 Å². The molecule has 2 aliphatic heterocycles. The molecule has 1 unspecified atom stereocenters. The van der Waals surface area contributed by atoms with Gasteiger partial charge in [0, 0.05) is 60.0 Å². The number of rotatable bonds is 5. The van der Waals surface area contributed by atoms with Gasteiger partial charge in [-0.3, -0.25) is 14.3 Å². The number of hydrogen-bond acceptors (Lipinski definition) is 6. The Hall–Kier alpha value is -4.11. The van der Waals surface area contributed by atoms with Crippen LogP contribution in [0.5, 0.6) is 0 Å². The summed E-state index contributed by atoms with van der Waals surface area (Å²) in [5.74, 6) is -0.649. The Balaban J connectivity index is 1.26. The van der Waals surface area contributed by atoms with Gasteiger partial charge < -0.3 is 20.7 Å². The van der Waals surface area contributed by atoms with Crippen molar-refractivity contribution in [1.82, 2.24) is 19.0 Å². The summed E-state index contributed by atoms with van der Waals surface area (Å²) in [6, 6.07) is 9.55. The number of nitrogens with zero attached hydrogens (tertiary/aromatic N) is 4. The van der Waals surface area contributed by atoms with Crippen molar-refractivity contribution >= 4 is 28.4 Å². The zero-order valence-electron chi connectivity index (χ0n) is 22.6. The Morgan fingerprint density at radius 1 is 1.21 bits per heavy atom. The van der Waals surface area contributed by atoms with Gasteiger partial charge in [-0.1, -0.05) is 0 Å². The molecule has 39 heavy (non-hydrogen) atoms. The first-order valence-electron chi connectivity index (χ1n) is 13.5. The number of carbonyl (C=O) groups is 1. The highest BCUT2D eigenvalue weighted by molar-refractivity contribution is 5.89. The van der Waals surface area contributed by atoms with E-state index in [9.17, 15) is 14.7 Å². The normalized spacial score (nSPS) is 16.8. The van der Waals surface area contributed by atoms with Gasteiger partial charge >= 0.3 is 5.97 Å².